The van der Waals surface area contributed by atoms with Gasteiger partial charge in [-0.1, -0.05) is 15.9 Å². The predicted octanol–water partition coefficient (Wildman–Crippen LogP) is 2.10. The largest absolute Gasteiger partial charge is 0.463 e. The van der Waals surface area contributed by atoms with Crippen LogP contribution in [0.15, 0.2) is 4.47 Å². The molecule has 0 aromatic carbocycles. The summed E-state index contributed by atoms with van der Waals surface area (Å²) in [5.74, 6) is -2.65. The molecule has 2 rings (SSSR count). The Morgan fingerprint density at radius 2 is 1.47 bits per heavy atom. The summed E-state index contributed by atoms with van der Waals surface area (Å²) in [5, 5.41) is 4.82. The molecule has 1 aromatic heterocycles. The van der Waals surface area contributed by atoms with E-state index < -0.39 is 54.5 Å². The van der Waals surface area contributed by atoms with Crippen molar-refractivity contribution in [2.45, 2.75) is 70.6 Å². The van der Waals surface area contributed by atoms with Crippen molar-refractivity contribution in [1.82, 2.24) is 9.78 Å². The molecule has 0 spiro atoms. The number of carbonyl (C=O) groups excluding carboxylic acids is 4. The zero-order chi connectivity index (χ0) is 24.2. The SMILES string of the molecule is CC(=O)OC[C@H]1O[C@@H](n2nc(C)c(Br)c2CBr)[C@H](OC(C)=O)[C@@H](OC(C)=O)[C@@H]1OC(C)=O. The van der Waals surface area contributed by atoms with E-state index >= 15 is 0 Å². The topological polar surface area (TPSA) is 132 Å². The van der Waals surface area contributed by atoms with Gasteiger partial charge in [0.1, 0.15) is 12.7 Å². The number of carbonyl (C=O) groups is 4. The highest BCUT2D eigenvalue weighted by Gasteiger charge is 2.53. The van der Waals surface area contributed by atoms with Crippen LogP contribution in [0.4, 0.5) is 0 Å². The third-order valence-corrected chi connectivity index (χ3v) is 6.00. The zero-order valence-corrected chi connectivity index (χ0v) is 21.3. The number of alkyl halides is 1. The second kappa shape index (κ2) is 11.2. The number of ether oxygens (including phenoxy) is 5. The van der Waals surface area contributed by atoms with Crippen LogP contribution < -0.4 is 0 Å². The molecular formula is C19H24Br2N2O9. The van der Waals surface area contributed by atoms with Crippen molar-refractivity contribution in [1.29, 1.82) is 0 Å². The minimum absolute atomic E-state index is 0.306. The van der Waals surface area contributed by atoms with Gasteiger partial charge in [0.2, 0.25) is 0 Å². The molecule has 0 saturated carbocycles. The minimum atomic E-state index is -1.26. The smallest absolute Gasteiger partial charge is 0.303 e. The molecule has 1 saturated heterocycles. The lowest BCUT2D eigenvalue weighted by Crippen LogP contribution is -2.60. The Morgan fingerprint density at radius 1 is 0.938 bits per heavy atom. The van der Waals surface area contributed by atoms with Crippen molar-refractivity contribution in [2.24, 2.45) is 0 Å². The van der Waals surface area contributed by atoms with Crippen LogP contribution in [0, 0.1) is 6.92 Å². The van der Waals surface area contributed by atoms with E-state index in [-0.39, 0.29) is 6.61 Å². The molecule has 178 valence electrons. The molecule has 0 unspecified atom stereocenters. The van der Waals surface area contributed by atoms with Gasteiger partial charge < -0.3 is 23.7 Å². The molecular weight excluding hydrogens is 560 g/mol. The summed E-state index contributed by atoms with van der Waals surface area (Å²) in [4.78, 5) is 47.0. The first-order valence-electron chi connectivity index (χ1n) is 9.56. The number of esters is 4. The van der Waals surface area contributed by atoms with E-state index in [0.29, 0.717) is 21.2 Å². The monoisotopic (exact) mass is 582 g/mol. The Labute approximate surface area is 201 Å². The van der Waals surface area contributed by atoms with Gasteiger partial charge in [-0.3, -0.25) is 19.2 Å². The first-order valence-corrected chi connectivity index (χ1v) is 11.5. The average Bonchev–Trinajstić information content (AvgIpc) is 2.96. The van der Waals surface area contributed by atoms with E-state index in [2.05, 4.69) is 37.0 Å². The maximum absolute atomic E-state index is 11.9. The fourth-order valence-electron chi connectivity index (χ4n) is 3.31. The number of aryl methyl sites for hydroxylation is 1. The summed E-state index contributed by atoms with van der Waals surface area (Å²) in [5.41, 5.74) is 1.29. The fraction of sp³-hybridized carbons (Fsp3) is 0.632. The van der Waals surface area contributed by atoms with Gasteiger partial charge >= 0.3 is 23.9 Å². The maximum atomic E-state index is 11.9. The molecule has 5 atom stereocenters. The molecule has 0 amide bonds. The summed E-state index contributed by atoms with van der Waals surface area (Å²) in [7, 11) is 0. The van der Waals surface area contributed by atoms with Crippen molar-refractivity contribution >= 4 is 55.7 Å². The van der Waals surface area contributed by atoms with Crippen LogP contribution >= 0.6 is 31.9 Å². The molecule has 0 aliphatic carbocycles. The average molecular weight is 584 g/mol. The van der Waals surface area contributed by atoms with Crippen LogP contribution in [0.2, 0.25) is 0 Å². The van der Waals surface area contributed by atoms with Crippen molar-refractivity contribution in [3.05, 3.63) is 15.9 Å². The Bertz CT molecular complexity index is 888. The summed E-state index contributed by atoms with van der Waals surface area (Å²) in [6, 6.07) is 0. The van der Waals surface area contributed by atoms with Crippen LogP contribution in [0.1, 0.15) is 45.3 Å². The number of nitrogens with zero attached hydrogens (tertiary/aromatic N) is 2. The first kappa shape index (κ1) is 26.3. The lowest BCUT2D eigenvalue weighted by Gasteiger charge is -2.44. The molecule has 0 N–H and O–H groups in total. The van der Waals surface area contributed by atoms with Gasteiger partial charge in [0.05, 0.1) is 15.9 Å². The van der Waals surface area contributed by atoms with Crippen LogP contribution in [-0.4, -0.2) is 64.7 Å². The standard InChI is InChI=1S/C19H24Br2N2O9/c1-8-15(21)13(6-20)23(22-8)19-18(31-12(5)27)17(30-11(4)26)16(29-10(3)25)14(32-19)7-28-9(2)24/h14,16-19H,6-7H2,1-5H3/t14-,16-,17+,18-,19-/m1/s1. The van der Waals surface area contributed by atoms with Crippen molar-refractivity contribution in [2.75, 3.05) is 6.61 Å². The Balaban J connectivity index is 2.62. The maximum Gasteiger partial charge on any atom is 0.303 e. The molecule has 0 bridgehead atoms. The minimum Gasteiger partial charge on any atom is -0.463 e. The molecule has 32 heavy (non-hydrogen) atoms. The molecule has 1 aliphatic heterocycles. The van der Waals surface area contributed by atoms with Gasteiger partial charge in [-0.05, 0) is 22.9 Å². The number of halogens is 2. The van der Waals surface area contributed by atoms with E-state index in [0.717, 1.165) is 6.92 Å². The van der Waals surface area contributed by atoms with E-state index in [1.807, 2.05) is 0 Å². The van der Waals surface area contributed by atoms with Gasteiger partial charge in [-0.15, -0.1) is 0 Å². The van der Waals surface area contributed by atoms with Crippen molar-refractivity contribution in [3.8, 4) is 0 Å². The van der Waals surface area contributed by atoms with Gasteiger partial charge in [0, 0.05) is 33.0 Å². The van der Waals surface area contributed by atoms with E-state index in [1.54, 1.807) is 6.92 Å². The Kier molecular flexibility index (Phi) is 9.22. The van der Waals surface area contributed by atoms with Gasteiger partial charge in [-0.25, -0.2) is 4.68 Å². The van der Waals surface area contributed by atoms with E-state index in [4.69, 9.17) is 23.7 Å². The lowest BCUT2D eigenvalue weighted by atomic mass is 9.97. The van der Waals surface area contributed by atoms with Crippen molar-refractivity contribution < 1.29 is 42.9 Å². The summed E-state index contributed by atoms with van der Waals surface area (Å²) in [6.45, 7) is 6.18. The quantitative estimate of drug-likeness (QED) is 0.267. The molecule has 0 radical (unpaired) electrons. The molecule has 1 aliphatic rings. The number of hydrogen-bond donors (Lipinski definition) is 0. The van der Waals surface area contributed by atoms with E-state index in [1.165, 1.54) is 25.5 Å². The van der Waals surface area contributed by atoms with Crippen LogP contribution in [0.5, 0.6) is 0 Å². The first-order chi connectivity index (χ1) is 15.0. The summed E-state index contributed by atoms with van der Waals surface area (Å²) in [6.07, 6.45) is -5.84. The molecule has 13 heteroatoms. The van der Waals surface area contributed by atoms with Crippen LogP contribution in [0.25, 0.3) is 0 Å². The molecule has 11 nitrogen and oxygen atoms in total. The second-order valence-electron chi connectivity index (χ2n) is 7.01. The van der Waals surface area contributed by atoms with Gasteiger partial charge in [0.15, 0.2) is 24.5 Å². The molecule has 1 fully saturated rings. The second-order valence-corrected chi connectivity index (χ2v) is 8.37. The van der Waals surface area contributed by atoms with E-state index in [9.17, 15) is 19.2 Å². The third-order valence-electron chi connectivity index (χ3n) is 4.44. The normalized spacial score (nSPS) is 25.0. The van der Waals surface area contributed by atoms with Crippen LogP contribution in [0.3, 0.4) is 0 Å². The van der Waals surface area contributed by atoms with Crippen molar-refractivity contribution in [3.63, 3.8) is 0 Å². The lowest BCUT2D eigenvalue weighted by molar-refractivity contribution is -0.270. The summed E-state index contributed by atoms with van der Waals surface area (Å²) < 4.78 is 29.6. The Hall–Kier alpha value is -1.99. The number of rotatable bonds is 7. The molecule has 1 aromatic rings. The van der Waals surface area contributed by atoms with Crippen LogP contribution in [-0.2, 0) is 48.2 Å². The third kappa shape index (κ3) is 6.29. The zero-order valence-electron chi connectivity index (χ0n) is 18.1. The Morgan fingerprint density at radius 3 is 1.97 bits per heavy atom. The van der Waals surface area contributed by atoms with Gasteiger partial charge in [-0.2, -0.15) is 5.10 Å². The molecule has 2 heterocycles. The summed E-state index contributed by atoms with van der Waals surface area (Å²) >= 11 is 6.86. The highest BCUT2D eigenvalue weighted by molar-refractivity contribution is 9.10. The van der Waals surface area contributed by atoms with Gasteiger partial charge in [0.25, 0.3) is 0 Å². The highest BCUT2D eigenvalue weighted by atomic mass is 79.9. The fourth-order valence-corrected chi connectivity index (χ4v) is 4.62. The number of hydrogen-bond acceptors (Lipinski definition) is 10. The highest BCUT2D eigenvalue weighted by Crippen LogP contribution is 2.37. The predicted molar refractivity (Wildman–Crippen MR) is 115 cm³/mol. The number of aromatic nitrogens is 2.